The third-order valence-electron chi connectivity index (χ3n) is 5.21. The van der Waals surface area contributed by atoms with Crippen LogP contribution in [0.2, 0.25) is 0 Å². The predicted octanol–water partition coefficient (Wildman–Crippen LogP) is 4.93. The van der Waals surface area contributed by atoms with E-state index < -0.39 is 0 Å². The normalized spacial score (nSPS) is 25.0. The molecule has 1 saturated carbocycles. The number of carbonyl (C=O) groups excluding carboxylic acids is 1. The fraction of sp³-hybridized carbons (Fsp3) is 0.611. The first-order valence-corrected chi connectivity index (χ1v) is 8.95. The molecule has 2 aliphatic rings. The Balaban J connectivity index is 2.14. The van der Waals surface area contributed by atoms with Crippen LogP contribution in [0.3, 0.4) is 0 Å². The molecule has 2 unspecified atom stereocenters. The number of fused-ring (bicyclic) bond motifs is 1. The Morgan fingerprint density at radius 2 is 2.05 bits per heavy atom. The molecule has 2 nitrogen and oxygen atoms in total. The number of aryl methyl sites for hydroxylation is 1. The molecule has 3 rings (SSSR count). The number of amides is 1. The zero-order valence-electron chi connectivity index (χ0n) is 13.2. The number of anilines is 1. The van der Waals surface area contributed by atoms with Crippen molar-refractivity contribution in [3.05, 3.63) is 29.3 Å². The van der Waals surface area contributed by atoms with Gasteiger partial charge >= 0.3 is 0 Å². The quantitative estimate of drug-likeness (QED) is 0.658. The van der Waals surface area contributed by atoms with Gasteiger partial charge in [0.25, 0.3) is 0 Å². The number of halogens is 1. The summed E-state index contributed by atoms with van der Waals surface area (Å²) in [6.45, 7) is 6.39. The lowest BCUT2D eigenvalue weighted by atomic mass is 9.76. The molecule has 0 radical (unpaired) electrons. The second kappa shape index (κ2) is 5.42. The predicted molar refractivity (Wildman–Crippen MR) is 91.3 cm³/mol. The number of nitrogens with zero attached hydrogens (tertiary/aromatic N) is 1. The topological polar surface area (TPSA) is 20.3 Å². The molecule has 1 aromatic carbocycles. The molecule has 1 spiro atoms. The van der Waals surface area contributed by atoms with Gasteiger partial charge < -0.3 is 4.90 Å². The number of benzene rings is 1. The lowest BCUT2D eigenvalue weighted by molar-refractivity contribution is -0.119. The van der Waals surface area contributed by atoms with Gasteiger partial charge in [-0.2, -0.15) is 0 Å². The SMILES string of the molecule is Cc1ccc2c(c1)C(C)CC1(CCCC1)N2C(=O)C(C)Br. The van der Waals surface area contributed by atoms with Crippen LogP contribution in [0.25, 0.3) is 0 Å². The first-order chi connectivity index (χ1) is 9.94. The van der Waals surface area contributed by atoms with E-state index in [2.05, 4.69) is 52.9 Å². The second-order valence-electron chi connectivity index (χ2n) is 6.89. The molecule has 1 fully saturated rings. The van der Waals surface area contributed by atoms with Crippen molar-refractivity contribution in [2.24, 2.45) is 0 Å². The highest BCUT2D eigenvalue weighted by Gasteiger charge is 2.48. The molecule has 0 aromatic heterocycles. The highest BCUT2D eigenvalue weighted by atomic mass is 79.9. The van der Waals surface area contributed by atoms with Gasteiger partial charge in [-0.25, -0.2) is 0 Å². The Morgan fingerprint density at radius 3 is 2.67 bits per heavy atom. The van der Waals surface area contributed by atoms with Crippen molar-refractivity contribution in [1.82, 2.24) is 0 Å². The van der Waals surface area contributed by atoms with E-state index in [9.17, 15) is 4.79 Å². The molecule has 0 saturated heterocycles. The van der Waals surface area contributed by atoms with Crippen LogP contribution < -0.4 is 4.90 Å². The van der Waals surface area contributed by atoms with E-state index in [0.29, 0.717) is 5.92 Å². The van der Waals surface area contributed by atoms with Gasteiger partial charge in [-0.05, 0) is 50.7 Å². The molecule has 1 aromatic rings. The van der Waals surface area contributed by atoms with Crippen LogP contribution in [0, 0.1) is 6.92 Å². The van der Waals surface area contributed by atoms with E-state index in [4.69, 9.17) is 0 Å². The largest absolute Gasteiger partial charge is 0.305 e. The monoisotopic (exact) mass is 349 g/mol. The number of alkyl halides is 1. The first kappa shape index (κ1) is 15.1. The van der Waals surface area contributed by atoms with Crippen LogP contribution in [0.5, 0.6) is 0 Å². The van der Waals surface area contributed by atoms with E-state index in [1.54, 1.807) is 0 Å². The van der Waals surface area contributed by atoms with Crippen LogP contribution >= 0.6 is 15.9 Å². The van der Waals surface area contributed by atoms with Crippen molar-refractivity contribution in [2.75, 3.05) is 4.90 Å². The van der Waals surface area contributed by atoms with Gasteiger partial charge in [-0.1, -0.05) is 53.4 Å². The summed E-state index contributed by atoms with van der Waals surface area (Å²) >= 11 is 3.50. The summed E-state index contributed by atoms with van der Waals surface area (Å²) < 4.78 is 0. The van der Waals surface area contributed by atoms with Gasteiger partial charge in [0.15, 0.2) is 0 Å². The summed E-state index contributed by atoms with van der Waals surface area (Å²) in [6.07, 6.45) is 5.89. The average Bonchev–Trinajstić information content (AvgIpc) is 2.88. The third kappa shape index (κ3) is 2.44. The van der Waals surface area contributed by atoms with E-state index in [-0.39, 0.29) is 16.3 Å². The molecule has 0 N–H and O–H groups in total. The number of rotatable bonds is 1. The van der Waals surface area contributed by atoms with Crippen LogP contribution in [-0.4, -0.2) is 16.3 Å². The van der Waals surface area contributed by atoms with Gasteiger partial charge in [-0.15, -0.1) is 0 Å². The van der Waals surface area contributed by atoms with E-state index in [0.717, 1.165) is 24.9 Å². The average molecular weight is 350 g/mol. The van der Waals surface area contributed by atoms with Gasteiger partial charge in [-0.3, -0.25) is 4.79 Å². The fourth-order valence-electron chi connectivity index (χ4n) is 4.29. The molecule has 2 atom stereocenters. The minimum Gasteiger partial charge on any atom is -0.305 e. The Morgan fingerprint density at radius 1 is 1.38 bits per heavy atom. The summed E-state index contributed by atoms with van der Waals surface area (Å²) in [5.41, 5.74) is 3.83. The highest BCUT2D eigenvalue weighted by Crippen LogP contribution is 2.51. The molecule has 1 amide bonds. The van der Waals surface area contributed by atoms with E-state index >= 15 is 0 Å². The second-order valence-corrected chi connectivity index (χ2v) is 8.26. The van der Waals surface area contributed by atoms with Crippen molar-refractivity contribution in [3.8, 4) is 0 Å². The molecule has 0 bridgehead atoms. The zero-order valence-corrected chi connectivity index (χ0v) is 14.7. The molecule has 1 heterocycles. The lowest BCUT2D eigenvalue weighted by Gasteiger charge is -2.48. The summed E-state index contributed by atoms with van der Waals surface area (Å²) in [5.74, 6) is 0.751. The summed E-state index contributed by atoms with van der Waals surface area (Å²) in [5, 5.41) is 0. The van der Waals surface area contributed by atoms with Crippen molar-refractivity contribution in [3.63, 3.8) is 0 Å². The number of hydrogen-bond acceptors (Lipinski definition) is 1. The van der Waals surface area contributed by atoms with Gasteiger partial charge in [0, 0.05) is 11.2 Å². The molecule has 1 aliphatic heterocycles. The zero-order chi connectivity index (χ0) is 15.2. The van der Waals surface area contributed by atoms with Crippen LogP contribution in [0.4, 0.5) is 5.69 Å². The molecular formula is C18H24BrNO. The molecule has 1 aliphatic carbocycles. The third-order valence-corrected chi connectivity index (χ3v) is 5.60. The fourth-order valence-corrected chi connectivity index (χ4v) is 4.49. The maximum Gasteiger partial charge on any atom is 0.241 e. The Hall–Kier alpha value is -0.830. The molecule has 114 valence electrons. The molecule has 21 heavy (non-hydrogen) atoms. The lowest BCUT2D eigenvalue weighted by Crippen LogP contribution is -2.55. The Kier molecular flexibility index (Phi) is 3.89. The van der Waals surface area contributed by atoms with Gasteiger partial charge in [0.05, 0.1) is 4.83 Å². The maximum absolute atomic E-state index is 12.9. The van der Waals surface area contributed by atoms with Crippen molar-refractivity contribution in [1.29, 1.82) is 0 Å². The van der Waals surface area contributed by atoms with Crippen molar-refractivity contribution < 1.29 is 4.79 Å². The smallest absolute Gasteiger partial charge is 0.241 e. The van der Waals surface area contributed by atoms with Crippen LogP contribution in [0.1, 0.15) is 63.0 Å². The Bertz CT molecular complexity index is 560. The summed E-state index contributed by atoms with van der Waals surface area (Å²) in [7, 11) is 0. The van der Waals surface area contributed by atoms with Crippen molar-refractivity contribution in [2.45, 2.75) is 69.2 Å². The summed E-state index contributed by atoms with van der Waals surface area (Å²) in [6, 6.07) is 6.56. The molecular weight excluding hydrogens is 326 g/mol. The van der Waals surface area contributed by atoms with E-state index in [1.165, 1.54) is 24.0 Å². The standard InChI is InChI=1S/C18H24BrNO/c1-12-6-7-16-15(10-12)13(2)11-18(8-4-5-9-18)20(16)17(21)14(3)19/h6-7,10,13-14H,4-5,8-9,11H2,1-3H3. The minimum atomic E-state index is -0.127. The first-order valence-electron chi connectivity index (χ1n) is 8.03. The van der Waals surface area contributed by atoms with Crippen molar-refractivity contribution >= 4 is 27.5 Å². The maximum atomic E-state index is 12.9. The number of hydrogen-bond donors (Lipinski definition) is 0. The molecule has 3 heteroatoms. The number of carbonyl (C=O) groups is 1. The highest BCUT2D eigenvalue weighted by molar-refractivity contribution is 9.10. The van der Waals surface area contributed by atoms with Crippen LogP contribution in [-0.2, 0) is 4.79 Å². The van der Waals surface area contributed by atoms with E-state index in [1.807, 2.05) is 6.92 Å². The summed E-state index contributed by atoms with van der Waals surface area (Å²) in [4.78, 5) is 14.9. The van der Waals surface area contributed by atoms with Gasteiger partial charge in [0.2, 0.25) is 5.91 Å². The van der Waals surface area contributed by atoms with Crippen LogP contribution in [0.15, 0.2) is 18.2 Å². The van der Waals surface area contributed by atoms with Gasteiger partial charge in [0.1, 0.15) is 0 Å². The minimum absolute atomic E-state index is 0.0563. The Labute approximate surface area is 136 Å².